The third-order valence-electron chi connectivity index (χ3n) is 10.8. The number of halogens is 1. The van der Waals surface area contributed by atoms with Crippen LogP contribution in [0.2, 0.25) is 5.02 Å². The van der Waals surface area contributed by atoms with E-state index in [2.05, 4.69) is 38.5 Å². The van der Waals surface area contributed by atoms with Crippen molar-refractivity contribution in [3.8, 4) is 5.75 Å². The van der Waals surface area contributed by atoms with E-state index in [1.54, 1.807) is 13.2 Å². The second kappa shape index (κ2) is 14.4. The predicted molar refractivity (Wildman–Crippen MR) is 190 cm³/mol. The number of hydrogen-bond donors (Lipinski definition) is 0. The quantitative estimate of drug-likeness (QED) is 0.252. The van der Waals surface area contributed by atoms with Crippen molar-refractivity contribution >= 4 is 38.7 Å². The molecule has 3 heterocycles. The zero-order chi connectivity index (χ0) is 34.0. The Morgan fingerprint density at radius 3 is 2.88 bits per heavy atom. The van der Waals surface area contributed by atoms with Crippen molar-refractivity contribution in [1.82, 2.24) is 4.98 Å². The van der Waals surface area contributed by atoms with Crippen LogP contribution >= 0.6 is 11.6 Å². The van der Waals surface area contributed by atoms with Crippen LogP contribution in [0, 0.1) is 11.8 Å². The van der Waals surface area contributed by atoms with Gasteiger partial charge in [-0.1, -0.05) is 29.8 Å². The van der Waals surface area contributed by atoms with Gasteiger partial charge in [-0.05, 0) is 105 Å². The molecule has 3 aromatic rings. The number of allylic oxidation sites excluding steroid dienone is 1. The van der Waals surface area contributed by atoms with E-state index in [9.17, 15) is 13.8 Å². The lowest BCUT2D eigenvalue weighted by atomic mass is 9.68. The second-order valence-corrected chi connectivity index (χ2v) is 17.0. The van der Waals surface area contributed by atoms with Gasteiger partial charge in [-0.3, -0.25) is 9.59 Å². The number of aromatic nitrogens is 1. The van der Waals surface area contributed by atoms with Crippen LogP contribution in [-0.4, -0.2) is 65.3 Å². The molecule has 1 fully saturated rings. The molecule has 49 heavy (non-hydrogen) atoms. The monoisotopic (exact) mass is 705 g/mol. The molecule has 11 heteroatoms. The number of amides is 1. The largest absolute Gasteiger partial charge is 0.490 e. The Morgan fingerprint density at radius 1 is 1.18 bits per heavy atom. The number of Topliss-reactive ketones (excluding diaryl/α,β-unsaturated/α-hetero) is 1. The van der Waals surface area contributed by atoms with Crippen molar-refractivity contribution in [2.75, 3.05) is 43.2 Å². The molecule has 2 aliphatic carbocycles. The van der Waals surface area contributed by atoms with Crippen molar-refractivity contribution in [1.29, 1.82) is 0 Å². The van der Waals surface area contributed by atoms with Gasteiger partial charge < -0.3 is 18.8 Å². The zero-order valence-corrected chi connectivity index (χ0v) is 29.6. The number of ether oxygens (including phenoxy) is 2. The fourth-order valence-corrected chi connectivity index (χ4v) is 10.3. The molecule has 0 unspecified atom stereocenters. The Labute approximate surface area is 293 Å². The average Bonchev–Trinajstić information content (AvgIpc) is 3.55. The molecule has 2 bridgehead atoms. The SMILES string of the molecule is CO[C@H]1/C=C/CCC[S@@](=O)(CC(=O)CCc2cocn2)=NC(=O)c2ccc3c(c2)N(C[C@@H]2CC[C@H]21)C[C@@]1(CCCc2cc(Cl)ccc21)CO3. The Balaban J connectivity index is 1.25. The highest BCUT2D eigenvalue weighted by Gasteiger charge is 2.44. The third kappa shape index (κ3) is 7.37. The lowest BCUT2D eigenvalue weighted by Crippen LogP contribution is -2.49. The van der Waals surface area contributed by atoms with Crippen molar-refractivity contribution in [3.63, 3.8) is 0 Å². The van der Waals surface area contributed by atoms with Gasteiger partial charge in [0.15, 0.2) is 6.39 Å². The summed E-state index contributed by atoms with van der Waals surface area (Å²) in [6.45, 7) is 2.05. The van der Waals surface area contributed by atoms with Gasteiger partial charge in [0.1, 0.15) is 17.8 Å². The van der Waals surface area contributed by atoms with Gasteiger partial charge in [0.25, 0.3) is 5.91 Å². The van der Waals surface area contributed by atoms with E-state index < -0.39 is 15.6 Å². The van der Waals surface area contributed by atoms with Gasteiger partial charge in [0.2, 0.25) is 0 Å². The zero-order valence-electron chi connectivity index (χ0n) is 28.0. The maximum atomic E-state index is 14.3. The minimum atomic E-state index is -3.17. The van der Waals surface area contributed by atoms with Gasteiger partial charge in [-0.2, -0.15) is 4.36 Å². The third-order valence-corrected chi connectivity index (χ3v) is 13.3. The van der Waals surface area contributed by atoms with Gasteiger partial charge in [0, 0.05) is 48.4 Å². The highest BCUT2D eigenvalue weighted by Crippen LogP contribution is 2.47. The first-order valence-corrected chi connectivity index (χ1v) is 19.6. The van der Waals surface area contributed by atoms with Gasteiger partial charge in [0.05, 0.1) is 39.6 Å². The molecular weight excluding hydrogens is 662 g/mol. The summed E-state index contributed by atoms with van der Waals surface area (Å²) in [6, 6.07) is 11.7. The van der Waals surface area contributed by atoms with Crippen LogP contribution in [0.1, 0.15) is 72.1 Å². The number of methoxy groups -OCH3 is 1. The summed E-state index contributed by atoms with van der Waals surface area (Å²) in [5.41, 5.74) is 4.15. The lowest BCUT2D eigenvalue weighted by Gasteiger charge is -2.46. The van der Waals surface area contributed by atoms with Crippen LogP contribution in [0.15, 0.2) is 70.0 Å². The number of aryl methyl sites for hydroxylation is 2. The highest BCUT2D eigenvalue weighted by atomic mass is 35.5. The molecule has 260 valence electrons. The molecule has 0 N–H and O–H groups in total. The number of carbonyl (C=O) groups excluding carboxylic acids is 2. The van der Waals surface area contributed by atoms with Crippen LogP contribution in [0.3, 0.4) is 0 Å². The number of rotatable bonds is 6. The van der Waals surface area contributed by atoms with Crippen molar-refractivity contribution in [2.24, 2.45) is 16.2 Å². The van der Waals surface area contributed by atoms with Crippen molar-refractivity contribution in [2.45, 2.75) is 69.3 Å². The minimum absolute atomic E-state index is 0.0269. The second-order valence-electron chi connectivity index (χ2n) is 14.1. The smallest absolute Gasteiger partial charge is 0.285 e. The lowest BCUT2D eigenvalue weighted by molar-refractivity contribution is -0.116. The molecule has 1 spiro atoms. The summed E-state index contributed by atoms with van der Waals surface area (Å²) >= 11 is 6.45. The Kier molecular flexibility index (Phi) is 10.00. The molecule has 2 aliphatic heterocycles. The first-order chi connectivity index (χ1) is 23.7. The van der Waals surface area contributed by atoms with E-state index in [0.717, 1.165) is 61.7 Å². The molecule has 1 aromatic heterocycles. The molecule has 1 saturated carbocycles. The van der Waals surface area contributed by atoms with E-state index in [1.807, 2.05) is 18.2 Å². The number of carbonyl (C=O) groups is 2. The van der Waals surface area contributed by atoms with Crippen LogP contribution in [0.25, 0.3) is 0 Å². The highest BCUT2D eigenvalue weighted by molar-refractivity contribution is 7.94. The summed E-state index contributed by atoms with van der Waals surface area (Å²) < 4.78 is 36.3. The number of benzene rings is 2. The number of nitrogens with zero attached hydrogens (tertiary/aromatic N) is 3. The molecule has 2 aromatic carbocycles. The molecule has 0 saturated heterocycles. The number of anilines is 1. The number of oxazole rings is 1. The summed E-state index contributed by atoms with van der Waals surface area (Å²) in [5, 5.41) is 0.745. The number of fused-ring (bicyclic) bond motifs is 4. The fourth-order valence-electron chi connectivity index (χ4n) is 8.14. The molecular formula is C38H44ClN3O6S. The maximum absolute atomic E-state index is 14.3. The molecule has 9 nitrogen and oxygen atoms in total. The van der Waals surface area contributed by atoms with Gasteiger partial charge in [-0.25, -0.2) is 9.19 Å². The predicted octanol–water partition coefficient (Wildman–Crippen LogP) is 7.00. The van der Waals surface area contributed by atoms with E-state index in [1.165, 1.54) is 23.8 Å². The first-order valence-electron chi connectivity index (χ1n) is 17.4. The molecule has 4 aliphatic rings. The Morgan fingerprint density at radius 2 is 2.08 bits per heavy atom. The average molecular weight is 706 g/mol. The van der Waals surface area contributed by atoms with Crippen molar-refractivity contribution < 1.29 is 27.7 Å². The van der Waals surface area contributed by atoms with Crippen LogP contribution in [-0.2, 0) is 37.5 Å². The topological polar surface area (TPSA) is 111 Å². The number of hydrogen-bond acceptors (Lipinski definition) is 8. The summed E-state index contributed by atoms with van der Waals surface area (Å²) in [6.07, 6.45) is 13.9. The summed E-state index contributed by atoms with van der Waals surface area (Å²) in [4.78, 5) is 33.4. The van der Waals surface area contributed by atoms with E-state index >= 15 is 0 Å². The van der Waals surface area contributed by atoms with E-state index in [-0.39, 0.29) is 35.2 Å². The van der Waals surface area contributed by atoms with Crippen LogP contribution < -0.4 is 9.64 Å². The number of ketones is 1. The molecule has 7 rings (SSSR count). The van der Waals surface area contributed by atoms with Gasteiger partial charge in [-0.15, -0.1) is 0 Å². The molecule has 1 amide bonds. The van der Waals surface area contributed by atoms with Gasteiger partial charge >= 0.3 is 0 Å². The van der Waals surface area contributed by atoms with E-state index in [4.69, 9.17) is 25.5 Å². The van der Waals surface area contributed by atoms with Crippen LogP contribution in [0.4, 0.5) is 5.69 Å². The Hall–Kier alpha value is -3.47. The fraction of sp³-hybridized carbons (Fsp3) is 0.500. The van der Waals surface area contributed by atoms with Crippen LogP contribution in [0.5, 0.6) is 5.75 Å². The standard InChI is InChI=1S/C38H44ClN3O6S/c1-46-35-7-3-2-4-17-49(45,22-31(43)12-11-30-21-47-25-40-30)41-37(44)27-9-15-36-34(19-27)42(20-28-8-13-32(28)35)23-38(24-48-36)16-5-6-26-18-29(39)10-14-33(26)38/h3,7,9-10,14-15,18-19,21,25,28,32,35H,2,4-6,8,11-13,16-17,20,22-24H2,1H3/b7-3+/t28-,32+,35-,38-,49+/m0/s1. The maximum Gasteiger partial charge on any atom is 0.285 e. The van der Waals surface area contributed by atoms with Crippen molar-refractivity contribution in [3.05, 3.63) is 88.6 Å². The first kappa shape index (κ1) is 34.0. The summed E-state index contributed by atoms with van der Waals surface area (Å²) in [5.74, 6) is 0.568. The summed E-state index contributed by atoms with van der Waals surface area (Å²) in [7, 11) is -1.40. The molecule has 0 radical (unpaired) electrons. The normalized spacial score (nSPS) is 29.1. The minimum Gasteiger partial charge on any atom is -0.490 e. The Bertz CT molecular complexity index is 1850. The van der Waals surface area contributed by atoms with E-state index in [0.29, 0.717) is 49.0 Å². The molecule has 5 atom stereocenters.